The van der Waals surface area contributed by atoms with Gasteiger partial charge in [-0.1, -0.05) is 12.8 Å². The predicted molar refractivity (Wildman–Crippen MR) is 71.4 cm³/mol. The van der Waals surface area contributed by atoms with Crippen molar-refractivity contribution >= 4 is 12.6 Å². The summed E-state index contributed by atoms with van der Waals surface area (Å²) in [6.07, 6.45) is 5.01. The molecule has 0 N–H and O–H groups in total. The van der Waals surface area contributed by atoms with Crippen LogP contribution < -0.4 is 4.74 Å². The molecule has 0 amide bonds. The van der Waals surface area contributed by atoms with Crippen LogP contribution in [0.25, 0.3) is 0 Å². The highest BCUT2D eigenvalue weighted by molar-refractivity contribution is 7.80. The van der Waals surface area contributed by atoms with E-state index in [1.165, 1.54) is 25.7 Å². The van der Waals surface area contributed by atoms with Crippen molar-refractivity contribution in [3.05, 3.63) is 29.8 Å². The zero-order valence-corrected chi connectivity index (χ0v) is 10.7. The zero-order chi connectivity index (χ0) is 12.1. The quantitative estimate of drug-likeness (QED) is 0.827. The number of hydrogen-bond donors (Lipinski definition) is 1. The summed E-state index contributed by atoms with van der Waals surface area (Å²) < 4.78 is 5.83. The summed E-state index contributed by atoms with van der Waals surface area (Å²) >= 11 is 4.46. The summed E-state index contributed by atoms with van der Waals surface area (Å²) in [4.78, 5) is 0. The van der Waals surface area contributed by atoms with E-state index in [1.807, 2.05) is 12.1 Å². The predicted octanol–water partition coefficient (Wildman–Crippen LogP) is 3.43. The van der Waals surface area contributed by atoms with E-state index in [0.717, 1.165) is 18.1 Å². The minimum absolute atomic E-state index is 0.261. The molecule has 1 aliphatic carbocycles. The number of nitrogens with zero attached hydrogens (tertiary/aromatic N) is 1. The molecule has 1 aromatic carbocycles. The third-order valence-electron chi connectivity index (χ3n) is 3.53. The molecule has 0 atom stereocenters. The summed E-state index contributed by atoms with van der Waals surface area (Å²) in [5.41, 5.74) is 0.930. The Balaban J connectivity index is 1.94. The Bertz CT molecular complexity index is 401. The SMILES string of the molecule is N#Cc1ccc(OCC2(CS)CCCC2)cc1. The Kier molecular flexibility index (Phi) is 3.96. The van der Waals surface area contributed by atoms with E-state index >= 15 is 0 Å². The van der Waals surface area contributed by atoms with Gasteiger partial charge < -0.3 is 4.74 Å². The maximum atomic E-state index is 8.71. The van der Waals surface area contributed by atoms with Gasteiger partial charge in [0.1, 0.15) is 5.75 Å². The van der Waals surface area contributed by atoms with Crippen LogP contribution in [0.4, 0.5) is 0 Å². The number of thiol groups is 1. The Morgan fingerprint density at radius 1 is 1.24 bits per heavy atom. The third kappa shape index (κ3) is 2.95. The van der Waals surface area contributed by atoms with E-state index in [4.69, 9.17) is 10.00 Å². The maximum absolute atomic E-state index is 8.71. The van der Waals surface area contributed by atoms with Crippen LogP contribution in [-0.2, 0) is 0 Å². The summed E-state index contributed by atoms with van der Waals surface area (Å²) in [5, 5.41) is 8.71. The highest BCUT2D eigenvalue weighted by atomic mass is 32.1. The first-order valence-electron chi connectivity index (χ1n) is 6.02. The van der Waals surface area contributed by atoms with Gasteiger partial charge in [0.05, 0.1) is 18.2 Å². The van der Waals surface area contributed by atoms with Crippen LogP contribution in [0.2, 0.25) is 0 Å². The lowest BCUT2D eigenvalue weighted by molar-refractivity contribution is 0.173. The van der Waals surface area contributed by atoms with Gasteiger partial charge in [-0.3, -0.25) is 0 Å². The maximum Gasteiger partial charge on any atom is 0.119 e. The van der Waals surface area contributed by atoms with Crippen LogP contribution in [0.5, 0.6) is 5.75 Å². The molecule has 0 aliphatic heterocycles. The average molecular weight is 247 g/mol. The second-order valence-electron chi connectivity index (χ2n) is 4.79. The van der Waals surface area contributed by atoms with Crippen molar-refractivity contribution in [2.24, 2.45) is 5.41 Å². The molecule has 3 heteroatoms. The molecule has 2 nitrogen and oxygen atoms in total. The van der Waals surface area contributed by atoms with Gasteiger partial charge in [0.25, 0.3) is 0 Å². The fourth-order valence-electron chi connectivity index (χ4n) is 2.34. The minimum Gasteiger partial charge on any atom is -0.493 e. The van der Waals surface area contributed by atoms with Gasteiger partial charge in [-0.15, -0.1) is 0 Å². The fourth-order valence-corrected chi connectivity index (χ4v) is 2.74. The van der Waals surface area contributed by atoms with Crippen LogP contribution in [0, 0.1) is 16.7 Å². The van der Waals surface area contributed by atoms with E-state index in [1.54, 1.807) is 12.1 Å². The molecule has 90 valence electrons. The standard InChI is InChI=1S/C14H17NOS/c15-9-12-3-5-13(6-4-12)16-10-14(11-17)7-1-2-8-14/h3-6,17H,1-2,7-8,10-11H2. The van der Waals surface area contributed by atoms with Crippen molar-refractivity contribution in [1.82, 2.24) is 0 Å². The molecule has 0 radical (unpaired) electrons. The molecule has 0 bridgehead atoms. The van der Waals surface area contributed by atoms with Gasteiger partial charge in [0, 0.05) is 5.41 Å². The molecule has 0 heterocycles. The molecule has 17 heavy (non-hydrogen) atoms. The summed E-state index contributed by atoms with van der Waals surface area (Å²) in [6, 6.07) is 9.40. The Labute approximate surface area is 108 Å². The van der Waals surface area contributed by atoms with Crippen molar-refractivity contribution in [3.63, 3.8) is 0 Å². The minimum atomic E-state index is 0.261. The highest BCUT2D eigenvalue weighted by Gasteiger charge is 2.33. The Morgan fingerprint density at radius 3 is 2.41 bits per heavy atom. The van der Waals surface area contributed by atoms with E-state index in [9.17, 15) is 0 Å². The first-order valence-corrected chi connectivity index (χ1v) is 6.65. The van der Waals surface area contributed by atoms with E-state index in [2.05, 4.69) is 18.7 Å². The van der Waals surface area contributed by atoms with Crippen LogP contribution in [-0.4, -0.2) is 12.4 Å². The fraction of sp³-hybridized carbons (Fsp3) is 0.500. The monoisotopic (exact) mass is 247 g/mol. The van der Waals surface area contributed by atoms with Gasteiger partial charge in [0.2, 0.25) is 0 Å². The highest BCUT2D eigenvalue weighted by Crippen LogP contribution is 2.39. The molecule has 0 aromatic heterocycles. The van der Waals surface area contributed by atoms with Crippen LogP contribution in [0.1, 0.15) is 31.2 Å². The Hall–Kier alpha value is -1.14. The zero-order valence-electron chi connectivity index (χ0n) is 9.85. The topological polar surface area (TPSA) is 33.0 Å². The van der Waals surface area contributed by atoms with Crippen LogP contribution >= 0.6 is 12.6 Å². The largest absolute Gasteiger partial charge is 0.493 e. The number of benzene rings is 1. The van der Waals surface area contributed by atoms with Gasteiger partial charge in [-0.25, -0.2) is 0 Å². The van der Waals surface area contributed by atoms with Crippen molar-refractivity contribution in [2.75, 3.05) is 12.4 Å². The Morgan fingerprint density at radius 2 is 1.88 bits per heavy atom. The van der Waals surface area contributed by atoms with Crippen molar-refractivity contribution < 1.29 is 4.74 Å². The van der Waals surface area contributed by atoms with Gasteiger partial charge >= 0.3 is 0 Å². The molecule has 0 saturated heterocycles. The van der Waals surface area contributed by atoms with E-state index < -0.39 is 0 Å². The molecule has 1 saturated carbocycles. The molecule has 0 unspecified atom stereocenters. The van der Waals surface area contributed by atoms with Gasteiger partial charge in [-0.05, 0) is 42.9 Å². The second-order valence-corrected chi connectivity index (χ2v) is 5.11. The first-order chi connectivity index (χ1) is 8.28. The average Bonchev–Trinajstić information content (AvgIpc) is 2.86. The van der Waals surface area contributed by atoms with E-state index in [0.29, 0.717) is 5.56 Å². The number of rotatable bonds is 4. The lowest BCUT2D eigenvalue weighted by Gasteiger charge is -2.26. The van der Waals surface area contributed by atoms with Crippen molar-refractivity contribution in [3.8, 4) is 11.8 Å². The molecule has 0 spiro atoms. The van der Waals surface area contributed by atoms with E-state index in [-0.39, 0.29) is 5.41 Å². The number of ether oxygens (including phenoxy) is 1. The molecular formula is C14H17NOS. The summed E-state index contributed by atoms with van der Waals surface area (Å²) in [6.45, 7) is 0.738. The van der Waals surface area contributed by atoms with Crippen molar-refractivity contribution in [2.45, 2.75) is 25.7 Å². The molecule has 1 aromatic rings. The van der Waals surface area contributed by atoms with Crippen LogP contribution in [0.3, 0.4) is 0 Å². The smallest absolute Gasteiger partial charge is 0.119 e. The lowest BCUT2D eigenvalue weighted by Crippen LogP contribution is -2.27. The van der Waals surface area contributed by atoms with Gasteiger partial charge in [0.15, 0.2) is 0 Å². The molecular weight excluding hydrogens is 230 g/mol. The first kappa shape index (κ1) is 12.3. The summed E-state index contributed by atoms with van der Waals surface area (Å²) in [5.74, 6) is 1.74. The third-order valence-corrected chi connectivity index (χ3v) is 4.20. The van der Waals surface area contributed by atoms with Crippen LogP contribution in [0.15, 0.2) is 24.3 Å². The summed E-state index contributed by atoms with van der Waals surface area (Å²) in [7, 11) is 0. The second kappa shape index (κ2) is 5.46. The normalized spacial score (nSPS) is 17.6. The molecule has 1 fully saturated rings. The molecule has 1 aliphatic rings. The van der Waals surface area contributed by atoms with Gasteiger partial charge in [-0.2, -0.15) is 17.9 Å². The number of nitriles is 1. The molecule has 2 rings (SSSR count). The lowest BCUT2D eigenvalue weighted by atomic mass is 9.90. The van der Waals surface area contributed by atoms with Crippen molar-refractivity contribution in [1.29, 1.82) is 5.26 Å². The number of hydrogen-bond acceptors (Lipinski definition) is 3.